The van der Waals surface area contributed by atoms with E-state index in [4.69, 9.17) is 5.73 Å². The molecule has 2 rings (SSSR count). The normalized spacial score (nSPS) is 18.8. The maximum Gasteiger partial charge on any atom is 0.340 e. The van der Waals surface area contributed by atoms with Gasteiger partial charge in [0, 0.05) is 0 Å². The number of carboxylic acids is 1. The van der Waals surface area contributed by atoms with Gasteiger partial charge < -0.3 is 10.8 Å². The minimum Gasteiger partial charge on any atom is -0.481 e. The molecule has 1 fully saturated rings. The monoisotopic (exact) mass is 238 g/mol. The summed E-state index contributed by atoms with van der Waals surface area (Å²) in [5.74, 6) is -0.909. The number of aromatic nitrogens is 3. The number of nitrogens with zero attached hydrogens (tertiary/aromatic N) is 3. The Bertz CT molecular complexity index is 448. The van der Waals surface area contributed by atoms with E-state index in [-0.39, 0.29) is 0 Å². The summed E-state index contributed by atoms with van der Waals surface area (Å²) in [7, 11) is 0. The second-order valence-electron chi connectivity index (χ2n) is 4.33. The number of primary amides is 1. The van der Waals surface area contributed by atoms with Gasteiger partial charge in [0.05, 0.1) is 6.20 Å². The molecule has 92 valence electrons. The van der Waals surface area contributed by atoms with Crippen LogP contribution in [-0.2, 0) is 10.2 Å². The summed E-state index contributed by atoms with van der Waals surface area (Å²) in [5.41, 5.74) is 4.36. The van der Waals surface area contributed by atoms with Gasteiger partial charge in [0.15, 0.2) is 0 Å². The molecular formula is C10H14N4O3. The highest BCUT2D eigenvalue weighted by molar-refractivity contribution is 5.81. The van der Waals surface area contributed by atoms with Crippen LogP contribution in [-0.4, -0.2) is 32.1 Å². The highest BCUT2D eigenvalue weighted by Crippen LogP contribution is 2.38. The van der Waals surface area contributed by atoms with Crippen LogP contribution in [0.25, 0.3) is 0 Å². The summed E-state index contributed by atoms with van der Waals surface area (Å²) in [6.07, 6.45) is 5.09. The number of hydrogen-bond donors (Lipinski definition) is 2. The number of carbonyl (C=O) groups is 2. The molecule has 0 radical (unpaired) electrons. The van der Waals surface area contributed by atoms with Crippen molar-refractivity contribution in [2.24, 2.45) is 5.73 Å². The van der Waals surface area contributed by atoms with Crippen LogP contribution in [0.3, 0.4) is 0 Å². The zero-order valence-electron chi connectivity index (χ0n) is 9.30. The topological polar surface area (TPSA) is 111 Å². The molecule has 1 aromatic heterocycles. The quantitative estimate of drug-likeness (QED) is 0.778. The van der Waals surface area contributed by atoms with Gasteiger partial charge in [-0.25, -0.2) is 4.79 Å². The number of hydrogen-bond acceptors (Lipinski definition) is 4. The summed E-state index contributed by atoms with van der Waals surface area (Å²) < 4.78 is 0.870. The third-order valence-corrected chi connectivity index (χ3v) is 3.33. The Kier molecular flexibility index (Phi) is 2.83. The van der Waals surface area contributed by atoms with Gasteiger partial charge in [-0.1, -0.05) is 24.5 Å². The third kappa shape index (κ3) is 1.88. The van der Waals surface area contributed by atoms with Gasteiger partial charge >= 0.3 is 12.0 Å². The first-order valence-electron chi connectivity index (χ1n) is 5.52. The molecular weight excluding hydrogens is 224 g/mol. The minimum atomic E-state index is -1.01. The van der Waals surface area contributed by atoms with Crippen LogP contribution in [0.1, 0.15) is 37.8 Å². The van der Waals surface area contributed by atoms with Gasteiger partial charge in [-0.2, -0.15) is 4.68 Å². The van der Waals surface area contributed by atoms with Crippen LogP contribution in [0, 0.1) is 0 Å². The van der Waals surface area contributed by atoms with E-state index in [1.54, 1.807) is 0 Å². The molecule has 0 spiro atoms. The van der Waals surface area contributed by atoms with Crippen molar-refractivity contribution < 1.29 is 14.7 Å². The first-order chi connectivity index (χ1) is 8.06. The van der Waals surface area contributed by atoms with Crippen molar-refractivity contribution in [3.63, 3.8) is 0 Å². The molecule has 1 aromatic rings. The van der Waals surface area contributed by atoms with E-state index in [0.29, 0.717) is 18.5 Å². The smallest absolute Gasteiger partial charge is 0.340 e. The summed E-state index contributed by atoms with van der Waals surface area (Å²) in [4.78, 5) is 22.4. The molecule has 7 nitrogen and oxygen atoms in total. The van der Waals surface area contributed by atoms with Crippen LogP contribution in [0.5, 0.6) is 0 Å². The molecule has 1 aliphatic rings. The Hall–Kier alpha value is -1.92. The molecule has 1 heterocycles. The van der Waals surface area contributed by atoms with E-state index >= 15 is 0 Å². The molecule has 1 saturated carbocycles. The lowest BCUT2D eigenvalue weighted by Gasteiger charge is -2.30. The first kappa shape index (κ1) is 11.6. The second kappa shape index (κ2) is 4.15. The number of carbonyl (C=O) groups excluding carboxylic acids is 1. The third-order valence-electron chi connectivity index (χ3n) is 3.33. The fourth-order valence-corrected chi connectivity index (χ4v) is 2.33. The summed E-state index contributed by atoms with van der Waals surface area (Å²) >= 11 is 0. The molecule has 1 amide bonds. The molecule has 0 bridgehead atoms. The Morgan fingerprint density at radius 3 is 2.47 bits per heavy atom. The predicted octanol–water partition coefficient (Wildman–Crippen LogP) is 0.491. The second-order valence-corrected chi connectivity index (χ2v) is 4.33. The van der Waals surface area contributed by atoms with E-state index in [1.165, 1.54) is 6.20 Å². The van der Waals surface area contributed by atoms with Crippen molar-refractivity contribution in [3.8, 4) is 0 Å². The van der Waals surface area contributed by atoms with Crippen molar-refractivity contribution in [1.29, 1.82) is 0 Å². The van der Waals surface area contributed by atoms with Gasteiger partial charge in [-0.3, -0.25) is 4.79 Å². The summed E-state index contributed by atoms with van der Waals surface area (Å²) in [6, 6.07) is -0.764. The first-order valence-corrected chi connectivity index (χ1v) is 5.52. The van der Waals surface area contributed by atoms with Crippen LogP contribution >= 0.6 is 0 Å². The van der Waals surface area contributed by atoms with Gasteiger partial charge in [0.2, 0.25) is 0 Å². The molecule has 3 N–H and O–H groups in total. The Labute approximate surface area is 97.6 Å². The average Bonchev–Trinajstić information content (AvgIpc) is 2.79. The Morgan fingerprint density at radius 1 is 1.35 bits per heavy atom. The predicted molar refractivity (Wildman–Crippen MR) is 57.4 cm³/mol. The van der Waals surface area contributed by atoms with E-state index in [9.17, 15) is 14.7 Å². The van der Waals surface area contributed by atoms with Crippen molar-refractivity contribution in [1.82, 2.24) is 15.0 Å². The van der Waals surface area contributed by atoms with Gasteiger partial charge in [0.25, 0.3) is 0 Å². The number of rotatable bonds is 2. The Balaban J connectivity index is 2.38. The summed E-state index contributed by atoms with van der Waals surface area (Å²) in [6.45, 7) is 0. The number of carboxylic acid groups (broad SMARTS) is 1. The van der Waals surface area contributed by atoms with E-state index in [1.807, 2.05) is 0 Å². The lowest BCUT2D eigenvalue weighted by molar-refractivity contribution is -0.145. The van der Waals surface area contributed by atoms with Crippen LogP contribution in [0.15, 0.2) is 6.20 Å². The highest BCUT2D eigenvalue weighted by Gasteiger charge is 2.43. The molecule has 0 atom stereocenters. The fourth-order valence-electron chi connectivity index (χ4n) is 2.33. The maximum absolute atomic E-state index is 11.5. The summed E-state index contributed by atoms with van der Waals surface area (Å²) in [5, 5.41) is 16.7. The zero-order valence-corrected chi connectivity index (χ0v) is 9.30. The lowest BCUT2D eigenvalue weighted by Crippen LogP contribution is -2.38. The minimum absolute atomic E-state index is 0.323. The van der Waals surface area contributed by atoms with Crippen molar-refractivity contribution >= 4 is 12.0 Å². The molecule has 17 heavy (non-hydrogen) atoms. The molecule has 0 saturated heterocycles. The van der Waals surface area contributed by atoms with Crippen LogP contribution in [0.4, 0.5) is 4.79 Å². The number of aliphatic carboxylic acids is 1. The van der Waals surface area contributed by atoms with Gasteiger partial charge in [0.1, 0.15) is 11.1 Å². The highest BCUT2D eigenvalue weighted by atomic mass is 16.4. The SMILES string of the molecule is NC(=O)n1cc(C2(C(=O)O)CCCCC2)nn1. The standard InChI is InChI=1S/C10H14N4O3/c11-9(17)14-6-7(12-13-14)10(8(15)16)4-2-1-3-5-10/h6H,1-5H2,(H2,11,17)(H,15,16). The maximum atomic E-state index is 11.5. The van der Waals surface area contributed by atoms with E-state index in [2.05, 4.69) is 10.3 Å². The van der Waals surface area contributed by atoms with Crippen molar-refractivity contribution in [3.05, 3.63) is 11.9 Å². The van der Waals surface area contributed by atoms with E-state index in [0.717, 1.165) is 23.9 Å². The lowest BCUT2D eigenvalue weighted by atomic mass is 9.72. The molecule has 7 heteroatoms. The number of nitrogens with two attached hydrogens (primary N) is 1. The van der Waals surface area contributed by atoms with Gasteiger partial charge in [-0.05, 0) is 12.8 Å². The largest absolute Gasteiger partial charge is 0.481 e. The molecule has 1 aliphatic carbocycles. The van der Waals surface area contributed by atoms with Gasteiger partial charge in [-0.15, -0.1) is 5.10 Å². The van der Waals surface area contributed by atoms with Crippen LogP contribution < -0.4 is 5.73 Å². The number of amides is 1. The molecule has 0 unspecified atom stereocenters. The molecule has 0 aromatic carbocycles. The average molecular weight is 238 g/mol. The van der Waals surface area contributed by atoms with E-state index < -0.39 is 17.4 Å². The molecule has 0 aliphatic heterocycles. The zero-order chi connectivity index (χ0) is 12.5. The fraction of sp³-hybridized carbons (Fsp3) is 0.600. The van der Waals surface area contributed by atoms with Crippen molar-refractivity contribution in [2.45, 2.75) is 37.5 Å². The van der Waals surface area contributed by atoms with Crippen molar-refractivity contribution in [2.75, 3.05) is 0 Å². The van der Waals surface area contributed by atoms with Crippen LogP contribution in [0.2, 0.25) is 0 Å². The Morgan fingerprint density at radius 2 is 2.00 bits per heavy atom.